The summed E-state index contributed by atoms with van der Waals surface area (Å²) in [5.41, 5.74) is 0. The molecular weight excluding hydrogens is 242 g/mol. The van der Waals surface area contributed by atoms with E-state index in [4.69, 9.17) is 0 Å². The number of nitrogens with one attached hydrogen (secondary N) is 1. The van der Waals surface area contributed by atoms with Gasteiger partial charge in [-0.05, 0) is 49.6 Å². The summed E-state index contributed by atoms with van der Waals surface area (Å²) in [5.74, 6) is 0.990. The van der Waals surface area contributed by atoms with E-state index in [1.54, 1.807) is 11.3 Å². The summed E-state index contributed by atoms with van der Waals surface area (Å²) in [4.78, 5) is 8.14. The normalized spacial score (nSPS) is 11.3. The molecule has 98 valence electrons. The van der Waals surface area contributed by atoms with E-state index in [1.807, 2.05) is 0 Å². The van der Waals surface area contributed by atoms with Gasteiger partial charge < -0.3 is 10.2 Å². The SMILES string of the molecule is CCN(CC)CCCNc1ccc2ccsc2n1. The van der Waals surface area contributed by atoms with Crippen LogP contribution in [0.25, 0.3) is 10.2 Å². The fourth-order valence-electron chi connectivity index (χ4n) is 2.00. The van der Waals surface area contributed by atoms with Crippen LogP contribution < -0.4 is 5.32 Å². The average Bonchev–Trinajstić information content (AvgIpc) is 2.86. The molecule has 0 aromatic carbocycles. The van der Waals surface area contributed by atoms with Gasteiger partial charge in [-0.2, -0.15) is 0 Å². The molecule has 0 aliphatic carbocycles. The van der Waals surface area contributed by atoms with Gasteiger partial charge in [0.1, 0.15) is 10.6 Å². The number of nitrogens with zero attached hydrogens (tertiary/aromatic N) is 2. The molecule has 0 fully saturated rings. The van der Waals surface area contributed by atoms with Gasteiger partial charge in [-0.1, -0.05) is 13.8 Å². The molecule has 18 heavy (non-hydrogen) atoms. The lowest BCUT2D eigenvalue weighted by atomic mass is 10.3. The highest BCUT2D eigenvalue weighted by molar-refractivity contribution is 7.16. The summed E-state index contributed by atoms with van der Waals surface area (Å²) >= 11 is 1.69. The van der Waals surface area contributed by atoms with Gasteiger partial charge >= 0.3 is 0 Å². The van der Waals surface area contributed by atoms with Gasteiger partial charge in [0.2, 0.25) is 0 Å². The largest absolute Gasteiger partial charge is 0.370 e. The first-order valence-corrected chi connectivity index (χ1v) is 7.52. The first-order chi connectivity index (χ1) is 8.83. The predicted molar refractivity (Wildman–Crippen MR) is 80.5 cm³/mol. The van der Waals surface area contributed by atoms with Crippen LogP contribution in [0.2, 0.25) is 0 Å². The molecule has 0 atom stereocenters. The van der Waals surface area contributed by atoms with Crippen LogP contribution in [0.5, 0.6) is 0 Å². The molecule has 0 saturated heterocycles. The second-order valence-electron chi connectivity index (χ2n) is 4.32. The maximum atomic E-state index is 4.59. The first-order valence-electron chi connectivity index (χ1n) is 6.64. The lowest BCUT2D eigenvalue weighted by Crippen LogP contribution is -2.25. The molecule has 0 amide bonds. The molecule has 3 nitrogen and oxygen atoms in total. The molecule has 0 bridgehead atoms. The number of fused-ring (bicyclic) bond motifs is 1. The topological polar surface area (TPSA) is 28.2 Å². The Morgan fingerprint density at radius 3 is 2.83 bits per heavy atom. The van der Waals surface area contributed by atoms with Gasteiger partial charge in [0.15, 0.2) is 0 Å². The van der Waals surface area contributed by atoms with Crippen LogP contribution in [-0.4, -0.2) is 36.1 Å². The third-order valence-electron chi connectivity index (χ3n) is 3.17. The monoisotopic (exact) mass is 263 g/mol. The number of pyridine rings is 1. The number of aromatic nitrogens is 1. The molecule has 0 spiro atoms. The summed E-state index contributed by atoms with van der Waals surface area (Å²) in [6.45, 7) is 8.83. The van der Waals surface area contributed by atoms with Crippen molar-refractivity contribution in [2.75, 3.05) is 31.5 Å². The first kappa shape index (κ1) is 13.3. The fourth-order valence-corrected chi connectivity index (χ4v) is 2.77. The number of hydrogen-bond donors (Lipinski definition) is 1. The average molecular weight is 263 g/mol. The predicted octanol–water partition coefficient (Wildman–Crippen LogP) is 3.44. The van der Waals surface area contributed by atoms with Crippen molar-refractivity contribution in [3.05, 3.63) is 23.6 Å². The molecule has 0 aliphatic rings. The summed E-state index contributed by atoms with van der Waals surface area (Å²) in [6.07, 6.45) is 1.16. The van der Waals surface area contributed by atoms with Crippen molar-refractivity contribution in [3.8, 4) is 0 Å². The Morgan fingerprint density at radius 2 is 2.06 bits per heavy atom. The van der Waals surface area contributed by atoms with Gasteiger partial charge in [-0.3, -0.25) is 0 Å². The van der Waals surface area contributed by atoms with Gasteiger partial charge in [-0.15, -0.1) is 11.3 Å². The maximum Gasteiger partial charge on any atom is 0.127 e. The Labute approximate surface area is 113 Å². The molecule has 0 aliphatic heterocycles. The molecule has 2 heterocycles. The molecule has 2 aromatic rings. The minimum Gasteiger partial charge on any atom is -0.370 e. The highest BCUT2D eigenvalue weighted by Crippen LogP contribution is 2.20. The van der Waals surface area contributed by atoms with E-state index < -0.39 is 0 Å². The third kappa shape index (κ3) is 3.43. The van der Waals surface area contributed by atoms with Crippen LogP contribution >= 0.6 is 11.3 Å². The Balaban J connectivity index is 1.79. The minimum atomic E-state index is 0.986. The molecule has 0 radical (unpaired) electrons. The van der Waals surface area contributed by atoms with E-state index in [0.29, 0.717) is 0 Å². The maximum absolute atomic E-state index is 4.59. The molecular formula is C14H21N3S. The highest BCUT2D eigenvalue weighted by Gasteiger charge is 2.00. The van der Waals surface area contributed by atoms with E-state index in [-0.39, 0.29) is 0 Å². The lowest BCUT2D eigenvalue weighted by Gasteiger charge is -2.17. The number of hydrogen-bond acceptors (Lipinski definition) is 4. The van der Waals surface area contributed by atoms with E-state index in [0.717, 1.165) is 43.2 Å². The molecule has 2 rings (SSSR count). The highest BCUT2D eigenvalue weighted by atomic mass is 32.1. The van der Waals surface area contributed by atoms with Crippen molar-refractivity contribution < 1.29 is 0 Å². The van der Waals surface area contributed by atoms with Crippen molar-refractivity contribution >= 4 is 27.4 Å². The van der Waals surface area contributed by atoms with Crippen LogP contribution in [0, 0.1) is 0 Å². The molecule has 2 aromatic heterocycles. The lowest BCUT2D eigenvalue weighted by molar-refractivity contribution is 0.303. The van der Waals surface area contributed by atoms with Crippen LogP contribution in [0.3, 0.4) is 0 Å². The Morgan fingerprint density at radius 1 is 1.22 bits per heavy atom. The third-order valence-corrected chi connectivity index (χ3v) is 3.99. The zero-order chi connectivity index (χ0) is 12.8. The van der Waals surface area contributed by atoms with Crippen LogP contribution in [0.1, 0.15) is 20.3 Å². The second-order valence-corrected chi connectivity index (χ2v) is 5.21. The summed E-state index contributed by atoms with van der Waals surface area (Å²) < 4.78 is 0. The van der Waals surface area contributed by atoms with E-state index in [1.165, 1.54) is 5.39 Å². The van der Waals surface area contributed by atoms with E-state index >= 15 is 0 Å². The van der Waals surface area contributed by atoms with Crippen molar-refractivity contribution in [1.82, 2.24) is 9.88 Å². The van der Waals surface area contributed by atoms with Crippen molar-refractivity contribution in [1.29, 1.82) is 0 Å². The second kappa shape index (κ2) is 6.71. The fraction of sp³-hybridized carbons (Fsp3) is 0.500. The van der Waals surface area contributed by atoms with Crippen molar-refractivity contribution in [2.45, 2.75) is 20.3 Å². The molecule has 0 saturated carbocycles. The van der Waals surface area contributed by atoms with Crippen molar-refractivity contribution in [3.63, 3.8) is 0 Å². The molecule has 1 N–H and O–H groups in total. The van der Waals surface area contributed by atoms with Crippen molar-refractivity contribution in [2.24, 2.45) is 0 Å². The van der Waals surface area contributed by atoms with Gasteiger partial charge in [0.25, 0.3) is 0 Å². The van der Waals surface area contributed by atoms with Crippen LogP contribution in [0.15, 0.2) is 23.6 Å². The molecule has 4 heteroatoms. The molecule has 0 unspecified atom stereocenters. The van der Waals surface area contributed by atoms with Crippen LogP contribution in [0.4, 0.5) is 5.82 Å². The summed E-state index contributed by atoms with van der Waals surface area (Å²) in [5, 5.41) is 6.71. The number of anilines is 1. The van der Waals surface area contributed by atoms with Crippen LogP contribution in [-0.2, 0) is 0 Å². The zero-order valence-corrected chi connectivity index (χ0v) is 12.0. The standard InChI is InChI=1S/C14H21N3S/c1-3-17(4-2)10-5-9-15-13-7-6-12-8-11-18-14(12)16-13/h6-8,11H,3-5,9-10H2,1-2H3,(H,15,16). The van der Waals surface area contributed by atoms with E-state index in [9.17, 15) is 0 Å². The smallest absolute Gasteiger partial charge is 0.127 e. The van der Waals surface area contributed by atoms with Gasteiger partial charge in [0, 0.05) is 11.9 Å². The Kier molecular flexibility index (Phi) is 4.96. The zero-order valence-electron chi connectivity index (χ0n) is 11.1. The quantitative estimate of drug-likeness (QED) is 0.776. The van der Waals surface area contributed by atoms with Gasteiger partial charge in [-0.25, -0.2) is 4.98 Å². The van der Waals surface area contributed by atoms with E-state index in [2.05, 4.69) is 52.6 Å². The minimum absolute atomic E-state index is 0.986. The van der Waals surface area contributed by atoms with Gasteiger partial charge in [0.05, 0.1) is 0 Å². The number of thiophene rings is 1. The Bertz CT molecular complexity index is 477. The Hall–Kier alpha value is -1.13. The summed E-state index contributed by atoms with van der Waals surface area (Å²) in [6, 6.07) is 6.30. The number of rotatable bonds is 7. The summed E-state index contributed by atoms with van der Waals surface area (Å²) in [7, 11) is 0.